The molecule has 2 atom stereocenters. The lowest BCUT2D eigenvalue weighted by molar-refractivity contribution is -0.137. The van der Waals surface area contributed by atoms with Crippen LogP contribution in [0.4, 0.5) is 24.0 Å². The van der Waals surface area contributed by atoms with Gasteiger partial charge in [-0.3, -0.25) is 9.36 Å². The predicted octanol–water partition coefficient (Wildman–Crippen LogP) is 5.07. The third-order valence-corrected chi connectivity index (χ3v) is 7.02. The molecule has 1 aliphatic heterocycles. The van der Waals surface area contributed by atoms with Crippen molar-refractivity contribution >= 4 is 33.8 Å². The zero-order valence-electron chi connectivity index (χ0n) is 19.4. The van der Waals surface area contributed by atoms with Gasteiger partial charge in [-0.2, -0.15) is 13.2 Å². The zero-order chi connectivity index (χ0) is 25.3. The van der Waals surface area contributed by atoms with Gasteiger partial charge in [-0.25, -0.2) is 9.97 Å². The molecule has 1 saturated heterocycles. The Kier molecular flexibility index (Phi) is 7.39. The van der Waals surface area contributed by atoms with Crippen LogP contribution in [0.15, 0.2) is 34.6 Å². The summed E-state index contributed by atoms with van der Waals surface area (Å²) in [6.07, 6.45) is -2.94. The van der Waals surface area contributed by atoms with E-state index >= 15 is 0 Å². The molecule has 0 aliphatic carbocycles. The molecule has 0 amide bonds. The van der Waals surface area contributed by atoms with Gasteiger partial charge in [-0.15, -0.1) is 11.3 Å². The van der Waals surface area contributed by atoms with Crippen LogP contribution in [-0.4, -0.2) is 46.4 Å². The average Bonchev–Trinajstić information content (AvgIpc) is 3.46. The van der Waals surface area contributed by atoms with Crippen LogP contribution in [0.25, 0.3) is 11.4 Å². The van der Waals surface area contributed by atoms with Gasteiger partial charge in [-0.1, -0.05) is 11.6 Å². The molecule has 1 N–H and O–H groups in total. The third kappa shape index (κ3) is 5.17. The molecule has 0 spiro atoms. The topological polar surface area (TPSA) is 72.3 Å². The van der Waals surface area contributed by atoms with Crippen LogP contribution in [0, 0.1) is 6.92 Å². The number of aromatic nitrogens is 3. The number of nitrogens with zero attached hydrogens (tertiary/aromatic N) is 4. The van der Waals surface area contributed by atoms with Crippen molar-refractivity contribution in [1.29, 1.82) is 0 Å². The molecule has 1 aromatic carbocycles. The molecule has 3 heterocycles. The smallest absolute Gasteiger partial charge is 0.374 e. The molecule has 12 heteroatoms. The molecule has 4 rings (SSSR count). The van der Waals surface area contributed by atoms with Crippen molar-refractivity contribution in [1.82, 2.24) is 14.5 Å². The number of hydrogen-bond donors (Lipinski definition) is 1. The standard InChI is InChI=1S/C23H25ClF3N5O2S/c1-4-32-20(15-7-6-14(10-16(15)24)23(25,26)27)29-13(3)19(21(32)33)30-17-11-31(12-18(17)34-5-2)22-28-8-9-35-22/h6-10,17-18,30H,4-5,11-12H2,1-3H3. The summed E-state index contributed by atoms with van der Waals surface area (Å²) in [5.74, 6) is 0.219. The number of aryl methyl sites for hydroxylation is 1. The van der Waals surface area contributed by atoms with E-state index in [-0.39, 0.29) is 40.7 Å². The summed E-state index contributed by atoms with van der Waals surface area (Å²) in [6.45, 7) is 7.39. The van der Waals surface area contributed by atoms with E-state index in [4.69, 9.17) is 16.3 Å². The number of thiazole rings is 1. The van der Waals surface area contributed by atoms with E-state index in [0.717, 1.165) is 17.3 Å². The lowest BCUT2D eigenvalue weighted by Gasteiger charge is -2.22. The van der Waals surface area contributed by atoms with E-state index in [1.54, 1.807) is 20.0 Å². The Bertz CT molecular complexity index is 1250. The highest BCUT2D eigenvalue weighted by molar-refractivity contribution is 7.13. The van der Waals surface area contributed by atoms with Gasteiger partial charge in [0.2, 0.25) is 0 Å². The van der Waals surface area contributed by atoms with Crippen molar-refractivity contribution in [3.8, 4) is 11.4 Å². The van der Waals surface area contributed by atoms with Crippen LogP contribution in [0.2, 0.25) is 5.02 Å². The number of anilines is 2. The summed E-state index contributed by atoms with van der Waals surface area (Å²) in [5.41, 5.74) is -0.173. The van der Waals surface area contributed by atoms with Crippen molar-refractivity contribution in [3.05, 3.63) is 56.4 Å². The fraction of sp³-hybridized carbons (Fsp3) is 0.435. The molecule has 3 aromatic rings. The molecule has 0 radical (unpaired) electrons. The number of nitrogens with one attached hydrogen (secondary N) is 1. The molecular weight excluding hydrogens is 503 g/mol. The number of halogens is 4. The molecule has 1 aliphatic rings. The predicted molar refractivity (Wildman–Crippen MR) is 132 cm³/mol. The Morgan fingerprint density at radius 2 is 2.06 bits per heavy atom. The molecule has 7 nitrogen and oxygen atoms in total. The van der Waals surface area contributed by atoms with Gasteiger partial charge in [-0.05, 0) is 39.0 Å². The van der Waals surface area contributed by atoms with Crippen molar-refractivity contribution < 1.29 is 17.9 Å². The molecule has 2 unspecified atom stereocenters. The van der Waals surface area contributed by atoms with Crippen molar-refractivity contribution in [3.63, 3.8) is 0 Å². The molecule has 1 fully saturated rings. The maximum atomic E-state index is 13.5. The monoisotopic (exact) mass is 527 g/mol. The molecule has 35 heavy (non-hydrogen) atoms. The van der Waals surface area contributed by atoms with Crippen LogP contribution in [0.5, 0.6) is 0 Å². The van der Waals surface area contributed by atoms with Crippen molar-refractivity contribution in [2.24, 2.45) is 0 Å². The van der Waals surface area contributed by atoms with E-state index in [9.17, 15) is 18.0 Å². The number of hydrogen-bond acceptors (Lipinski definition) is 7. The Morgan fingerprint density at radius 3 is 2.66 bits per heavy atom. The fourth-order valence-electron chi connectivity index (χ4n) is 4.21. The first-order valence-electron chi connectivity index (χ1n) is 11.1. The number of benzene rings is 1. The van der Waals surface area contributed by atoms with Gasteiger partial charge < -0.3 is 15.0 Å². The van der Waals surface area contributed by atoms with Crippen LogP contribution in [-0.2, 0) is 17.5 Å². The minimum absolute atomic E-state index is 0.125. The average molecular weight is 528 g/mol. The lowest BCUT2D eigenvalue weighted by Crippen LogP contribution is -2.38. The fourth-order valence-corrected chi connectivity index (χ4v) is 5.14. The van der Waals surface area contributed by atoms with E-state index in [2.05, 4.69) is 20.2 Å². The van der Waals surface area contributed by atoms with Crippen LogP contribution in [0.3, 0.4) is 0 Å². The van der Waals surface area contributed by atoms with Crippen LogP contribution in [0.1, 0.15) is 25.1 Å². The summed E-state index contributed by atoms with van der Waals surface area (Å²) in [4.78, 5) is 24.6. The van der Waals surface area contributed by atoms with E-state index in [0.29, 0.717) is 31.1 Å². The van der Waals surface area contributed by atoms with E-state index in [1.807, 2.05) is 12.3 Å². The van der Waals surface area contributed by atoms with Crippen LogP contribution >= 0.6 is 22.9 Å². The summed E-state index contributed by atoms with van der Waals surface area (Å²) < 4.78 is 46.6. The summed E-state index contributed by atoms with van der Waals surface area (Å²) in [7, 11) is 0. The third-order valence-electron chi connectivity index (χ3n) is 5.87. The first-order chi connectivity index (χ1) is 16.6. The maximum Gasteiger partial charge on any atom is 0.416 e. The van der Waals surface area contributed by atoms with Crippen molar-refractivity contribution in [2.45, 2.75) is 45.6 Å². The lowest BCUT2D eigenvalue weighted by atomic mass is 10.1. The second-order valence-corrected chi connectivity index (χ2v) is 9.38. The van der Waals surface area contributed by atoms with Gasteiger partial charge in [0.1, 0.15) is 11.5 Å². The molecular formula is C23H25ClF3N5O2S. The summed E-state index contributed by atoms with van der Waals surface area (Å²) in [6, 6.07) is 2.86. The SMILES string of the molecule is CCOC1CN(c2nccs2)CC1Nc1c(C)nc(-c2ccc(C(F)(F)F)cc2Cl)n(CC)c1=O. The first kappa shape index (κ1) is 25.5. The van der Waals surface area contributed by atoms with Crippen LogP contribution < -0.4 is 15.8 Å². The summed E-state index contributed by atoms with van der Waals surface area (Å²) in [5, 5.41) is 6.00. The molecule has 188 valence electrons. The van der Waals surface area contributed by atoms with Gasteiger partial charge in [0, 0.05) is 43.4 Å². The Morgan fingerprint density at radius 1 is 1.29 bits per heavy atom. The van der Waals surface area contributed by atoms with E-state index < -0.39 is 11.7 Å². The highest BCUT2D eigenvalue weighted by Crippen LogP contribution is 2.35. The van der Waals surface area contributed by atoms with Gasteiger partial charge in [0.25, 0.3) is 5.56 Å². The first-order valence-corrected chi connectivity index (χ1v) is 12.4. The molecule has 0 bridgehead atoms. The summed E-state index contributed by atoms with van der Waals surface area (Å²) >= 11 is 7.74. The van der Waals surface area contributed by atoms with Gasteiger partial charge in [0.05, 0.1) is 28.4 Å². The Labute approximate surface area is 209 Å². The number of alkyl halides is 3. The number of ether oxygens (including phenoxy) is 1. The Balaban J connectivity index is 1.68. The zero-order valence-corrected chi connectivity index (χ0v) is 21.0. The second-order valence-electron chi connectivity index (χ2n) is 8.10. The molecule has 2 aromatic heterocycles. The highest BCUT2D eigenvalue weighted by Gasteiger charge is 2.36. The van der Waals surface area contributed by atoms with E-state index in [1.165, 1.54) is 22.0 Å². The second kappa shape index (κ2) is 10.2. The molecule has 0 saturated carbocycles. The normalized spacial score (nSPS) is 18.3. The highest BCUT2D eigenvalue weighted by atomic mass is 35.5. The quantitative estimate of drug-likeness (QED) is 0.462. The van der Waals surface area contributed by atoms with Gasteiger partial charge in [0.15, 0.2) is 5.13 Å². The minimum Gasteiger partial charge on any atom is -0.374 e. The minimum atomic E-state index is -4.52. The number of rotatable bonds is 7. The van der Waals surface area contributed by atoms with Gasteiger partial charge >= 0.3 is 6.18 Å². The van der Waals surface area contributed by atoms with Crippen molar-refractivity contribution in [2.75, 3.05) is 29.9 Å². The largest absolute Gasteiger partial charge is 0.416 e. The Hall–Kier alpha value is -2.63. The maximum absolute atomic E-state index is 13.5.